The topological polar surface area (TPSA) is 90.7 Å². The molecule has 0 radical (unpaired) electrons. The molecule has 0 heterocycles. The molecule has 2 aromatic carbocycles. The molecule has 2 amide bonds. The minimum absolute atomic E-state index is 0.103. The molecule has 6 heteroatoms. The minimum atomic E-state index is -0.533. The predicted molar refractivity (Wildman–Crippen MR) is 101 cm³/mol. The van der Waals surface area contributed by atoms with Gasteiger partial charge in [-0.15, -0.1) is 0 Å². The Kier molecular flexibility index (Phi) is 6.79. The number of rotatable bonds is 8. The van der Waals surface area contributed by atoms with Gasteiger partial charge >= 0.3 is 0 Å². The average Bonchev–Trinajstić information content (AvgIpc) is 2.60. The highest BCUT2D eigenvalue weighted by Gasteiger charge is 2.01. The van der Waals surface area contributed by atoms with Gasteiger partial charge in [0.05, 0.1) is 6.10 Å². The Morgan fingerprint density at radius 3 is 2.23 bits per heavy atom. The summed E-state index contributed by atoms with van der Waals surface area (Å²) in [5.74, 6) is 0.521. The third-order valence-electron chi connectivity index (χ3n) is 3.18. The Morgan fingerprint density at radius 1 is 1.04 bits per heavy atom. The van der Waals surface area contributed by atoms with Crippen molar-refractivity contribution in [2.24, 2.45) is 5.73 Å². The third kappa shape index (κ3) is 6.68. The van der Waals surface area contributed by atoms with Crippen LogP contribution in [0.3, 0.4) is 0 Å². The summed E-state index contributed by atoms with van der Waals surface area (Å²) in [6, 6.07) is 14.1. The van der Waals surface area contributed by atoms with Gasteiger partial charge in [0.1, 0.15) is 11.5 Å². The second kappa shape index (κ2) is 9.27. The van der Waals surface area contributed by atoms with Crippen molar-refractivity contribution < 1.29 is 19.1 Å². The van der Waals surface area contributed by atoms with Crippen molar-refractivity contribution in [2.45, 2.75) is 20.0 Å². The van der Waals surface area contributed by atoms with Crippen molar-refractivity contribution in [1.29, 1.82) is 0 Å². The molecule has 0 spiro atoms. The van der Waals surface area contributed by atoms with Crippen molar-refractivity contribution in [3.05, 3.63) is 60.2 Å². The quantitative estimate of drug-likeness (QED) is 0.713. The van der Waals surface area contributed by atoms with Gasteiger partial charge in [-0.2, -0.15) is 0 Å². The summed E-state index contributed by atoms with van der Waals surface area (Å²) in [5, 5.41) is 2.78. The molecule has 0 aliphatic heterocycles. The van der Waals surface area contributed by atoms with E-state index in [-0.39, 0.29) is 18.6 Å². The van der Waals surface area contributed by atoms with Crippen LogP contribution in [-0.4, -0.2) is 24.5 Å². The summed E-state index contributed by atoms with van der Waals surface area (Å²) < 4.78 is 10.7. The summed E-state index contributed by atoms with van der Waals surface area (Å²) in [5.41, 5.74) is 6.53. The first-order chi connectivity index (χ1) is 12.4. The number of ether oxygens (including phenoxy) is 2. The molecule has 2 rings (SSSR count). The number of carbonyl (C=O) groups excluding carboxylic acids is 2. The van der Waals surface area contributed by atoms with Crippen LogP contribution in [0.5, 0.6) is 11.5 Å². The molecule has 0 aliphatic rings. The molecule has 136 valence electrons. The number of hydrogen-bond donors (Lipinski definition) is 2. The van der Waals surface area contributed by atoms with E-state index in [2.05, 4.69) is 5.32 Å². The van der Waals surface area contributed by atoms with Crippen LogP contribution in [0.25, 0.3) is 6.08 Å². The number of nitrogens with two attached hydrogens (primary N) is 1. The van der Waals surface area contributed by atoms with Crippen LogP contribution in [0.15, 0.2) is 54.6 Å². The Morgan fingerprint density at radius 2 is 1.65 bits per heavy atom. The first-order valence-corrected chi connectivity index (χ1v) is 8.19. The van der Waals surface area contributed by atoms with Crippen LogP contribution in [-0.2, 0) is 9.59 Å². The first kappa shape index (κ1) is 19.1. The lowest BCUT2D eigenvalue weighted by molar-refractivity contribution is -0.120. The maximum Gasteiger partial charge on any atom is 0.255 e. The van der Waals surface area contributed by atoms with Crippen molar-refractivity contribution in [2.75, 3.05) is 11.9 Å². The van der Waals surface area contributed by atoms with Gasteiger partial charge in [0, 0.05) is 11.8 Å². The number of benzene rings is 2. The third-order valence-corrected chi connectivity index (χ3v) is 3.18. The molecule has 26 heavy (non-hydrogen) atoms. The molecule has 0 fully saturated rings. The van der Waals surface area contributed by atoms with Crippen molar-refractivity contribution in [3.63, 3.8) is 0 Å². The zero-order chi connectivity index (χ0) is 18.9. The number of hydrogen-bond acceptors (Lipinski definition) is 4. The molecule has 3 N–H and O–H groups in total. The van der Waals surface area contributed by atoms with Crippen LogP contribution in [0.4, 0.5) is 5.69 Å². The maximum absolute atomic E-state index is 12.0. The average molecular weight is 354 g/mol. The minimum Gasteiger partial charge on any atom is -0.491 e. The normalized spacial score (nSPS) is 10.7. The molecule has 6 nitrogen and oxygen atoms in total. The largest absolute Gasteiger partial charge is 0.491 e. The van der Waals surface area contributed by atoms with Gasteiger partial charge in [0.25, 0.3) is 5.91 Å². The highest BCUT2D eigenvalue weighted by Crippen LogP contribution is 2.17. The zero-order valence-corrected chi connectivity index (χ0v) is 14.8. The summed E-state index contributed by atoms with van der Waals surface area (Å²) in [6.45, 7) is 3.74. The predicted octanol–water partition coefficient (Wildman–Crippen LogP) is 2.99. The van der Waals surface area contributed by atoms with E-state index in [1.807, 2.05) is 26.0 Å². The second-order valence-corrected chi connectivity index (χ2v) is 5.84. The van der Waals surface area contributed by atoms with E-state index < -0.39 is 5.91 Å². The summed E-state index contributed by atoms with van der Waals surface area (Å²) in [6.07, 6.45) is 3.23. The standard InChI is InChI=1S/C20H22N2O4/c1-14(2)26-18-10-6-16(7-11-18)22-20(24)12-5-15-3-8-17(9-4-15)25-13-19(21)23/h3-12,14H,13H2,1-2H3,(H2,21,23)(H,22,24)/b12-5+. The lowest BCUT2D eigenvalue weighted by atomic mass is 10.2. The number of primary amides is 1. The second-order valence-electron chi connectivity index (χ2n) is 5.84. The molecule has 2 aromatic rings. The number of anilines is 1. The van der Waals surface area contributed by atoms with E-state index in [0.717, 1.165) is 11.3 Å². The van der Waals surface area contributed by atoms with Gasteiger partial charge < -0.3 is 20.5 Å². The molecule has 0 aromatic heterocycles. The fraction of sp³-hybridized carbons (Fsp3) is 0.200. The molecule has 0 saturated heterocycles. The van der Waals surface area contributed by atoms with Gasteiger partial charge in [0.2, 0.25) is 5.91 Å². The molecular weight excluding hydrogens is 332 g/mol. The van der Waals surface area contributed by atoms with Gasteiger partial charge in [-0.25, -0.2) is 0 Å². The molecule has 0 unspecified atom stereocenters. The summed E-state index contributed by atoms with van der Waals surface area (Å²) in [4.78, 5) is 22.7. The van der Waals surface area contributed by atoms with Crippen LogP contribution < -0.4 is 20.5 Å². The van der Waals surface area contributed by atoms with Crippen molar-refractivity contribution in [3.8, 4) is 11.5 Å². The van der Waals surface area contributed by atoms with E-state index in [1.54, 1.807) is 42.5 Å². The Balaban J connectivity index is 1.87. The van der Waals surface area contributed by atoms with E-state index >= 15 is 0 Å². The summed E-state index contributed by atoms with van der Waals surface area (Å²) in [7, 11) is 0. The smallest absolute Gasteiger partial charge is 0.255 e. The SMILES string of the molecule is CC(C)Oc1ccc(NC(=O)/C=C/c2ccc(OCC(N)=O)cc2)cc1. The van der Waals surface area contributed by atoms with Gasteiger partial charge in [-0.05, 0) is 61.9 Å². The lowest BCUT2D eigenvalue weighted by Crippen LogP contribution is -2.19. The summed E-state index contributed by atoms with van der Waals surface area (Å²) >= 11 is 0. The van der Waals surface area contributed by atoms with E-state index in [9.17, 15) is 9.59 Å². The molecule has 0 atom stereocenters. The van der Waals surface area contributed by atoms with Crippen LogP contribution in [0.2, 0.25) is 0 Å². The fourth-order valence-corrected chi connectivity index (χ4v) is 2.07. The Hall–Kier alpha value is -3.28. The Labute approximate surface area is 152 Å². The first-order valence-electron chi connectivity index (χ1n) is 8.19. The van der Waals surface area contributed by atoms with Crippen LogP contribution in [0, 0.1) is 0 Å². The zero-order valence-electron chi connectivity index (χ0n) is 14.8. The van der Waals surface area contributed by atoms with Crippen molar-refractivity contribution >= 4 is 23.6 Å². The number of amides is 2. The van der Waals surface area contributed by atoms with Crippen LogP contribution >= 0.6 is 0 Å². The highest BCUT2D eigenvalue weighted by molar-refractivity contribution is 6.01. The molecule has 0 saturated carbocycles. The van der Waals surface area contributed by atoms with Crippen LogP contribution in [0.1, 0.15) is 19.4 Å². The molecular formula is C20H22N2O4. The van der Waals surface area contributed by atoms with E-state index in [1.165, 1.54) is 6.08 Å². The van der Waals surface area contributed by atoms with E-state index in [0.29, 0.717) is 11.4 Å². The fourth-order valence-electron chi connectivity index (χ4n) is 2.07. The van der Waals surface area contributed by atoms with Gasteiger partial charge in [-0.1, -0.05) is 12.1 Å². The highest BCUT2D eigenvalue weighted by atomic mass is 16.5. The van der Waals surface area contributed by atoms with Gasteiger partial charge in [0.15, 0.2) is 6.61 Å². The maximum atomic E-state index is 12.0. The van der Waals surface area contributed by atoms with Crippen molar-refractivity contribution in [1.82, 2.24) is 0 Å². The molecule has 0 aliphatic carbocycles. The Bertz CT molecular complexity index is 765. The van der Waals surface area contributed by atoms with Gasteiger partial charge in [-0.3, -0.25) is 9.59 Å². The number of carbonyl (C=O) groups is 2. The number of nitrogens with one attached hydrogen (secondary N) is 1. The monoisotopic (exact) mass is 354 g/mol. The lowest BCUT2D eigenvalue weighted by Gasteiger charge is -2.10. The molecule has 0 bridgehead atoms. The van der Waals surface area contributed by atoms with E-state index in [4.69, 9.17) is 15.2 Å².